The first kappa shape index (κ1) is 22.0. The molecule has 0 radical (unpaired) electrons. The van der Waals surface area contributed by atoms with E-state index in [-0.39, 0.29) is 17.3 Å². The number of likely N-dealkylation sites (N-methyl/N-ethyl adjacent to an activating group) is 1. The molecule has 0 aromatic heterocycles. The van der Waals surface area contributed by atoms with Crippen LogP contribution >= 0.6 is 35.0 Å². The molecule has 27 heavy (non-hydrogen) atoms. The summed E-state index contributed by atoms with van der Waals surface area (Å²) in [4.78, 5) is 12.2. The highest BCUT2D eigenvalue weighted by atomic mass is 35.5. The zero-order valence-electron chi connectivity index (χ0n) is 14.7. The first-order chi connectivity index (χ1) is 12.8. The Kier molecular flexibility index (Phi) is 8.44. The Morgan fingerprint density at radius 2 is 1.85 bits per heavy atom. The van der Waals surface area contributed by atoms with E-state index in [0.29, 0.717) is 28.1 Å². The Balaban J connectivity index is 1.73. The molecule has 2 aromatic carbocycles. The van der Waals surface area contributed by atoms with Crippen molar-refractivity contribution >= 4 is 50.9 Å². The number of halogens is 2. The summed E-state index contributed by atoms with van der Waals surface area (Å²) in [5.41, 5.74) is 0.978. The van der Waals surface area contributed by atoms with Crippen molar-refractivity contribution in [3.05, 3.63) is 64.1 Å². The van der Waals surface area contributed by atoms with E-state index in [1.54, 1.807) is 42.1 Å². The molecule has 2 aromatic rings. The molecule has 0 heterocycles. The maximum atomic E-state index is 12.4. The van der Waals surface area contributed by atoms with Gasteiger partial charge in [-0.15, -0.1) is 0 Å². The number of hydrogen-bond acceptors (Lipinski definition) is 4. The SMILES string of the molecule is CN(CC(=O)NCCSCc1ccc(Cl)cc1Cl)S(=O)(=O)c1ccccc1. The van der Waals surface area contributed by atoms with Crippen LogP contribution in [0.25, 0.3) is 0 Å². The van der Waals surface area contributed by atoms with Crippen LogP contribution in [-0.4, -0.2) is 44.5 Å². The summed E-state index contributed by atoms with van der Waals surface area (Å²) < 4.78 is 25.8. The molecular weight excluding hydrogens is 427 g/mol. The molecule has 0 aliphatic carbocycles. The molecule has 0 unspecified atom stereocenters. The van der Waals surface area contributed by atoms with Crippen molar-refractivity contribution in [3.63, 3.8) is 0 Å². The zero-order valence-corrected chi connectivity index (χ0v) is 17.8. The Hall–Kier alpha value is -1.25. The third-order valence-electron chi connectivity index (χ3n) is 3.66. The molecule has 0 atom stereocenters. The average Bonchev–Trinajstić information content (AvgIpc) is 2.63. The van der Waals surface area contributed by atoms with Gasteiger partial charge in [0, 0.05) is 35.1 Å². The smallest absolute Gasteiger partial charge is 0.243 e. The monoisotopic (exact) mass is 446 g/mol. The Morgan fingerprint density at radius 1 is 1.15 bits per heavy atom. The number of carbonyl (C=O) groups excluding carboxylic acids is 1. The Morgan fingerprint density at radius 3 is 2.52 bits per heavy atom. The van der Waals surface area contributed by atoms with Crippen molar-refractivity contribution in [1.29, 1.82) is 0 Å². The van der Waals surface area contributed by atoms with Crippen LogP contribution in [-0.2, 0) is 20.6 Å². The van der Waals surface area contributed by atoms with Crippen LogP contribution in [0.4, 0.5) is 0 Å². The van der Waals surface area contributed by atoms with E-state index in [9.17, 15) is 13.2 Å². The van der Waals surface area contributed by atoms with Gasteiger partial charge in [0.25, 0.3) is 0 Å². The van der Waals surface area contributed by atoms with Crippen molar-refractivity contribution in [2.75, 3.05) is 25.9 Å². The molecule has 0 spiro atoms. The first-order valence-corrected chi connectivity index (χ1v) is 11.5. The van der Waals surface area contributed by atoms with Gasteiger partial charge in [-0.05, 0) is 29.8 Å². The minimum absolute atomic E-state index is 0.163. The van der Waals surface area contributed by atoms with Gasteiger partial charge in [-0.2, -0.15) is 16.1 Å². The number of rotatable bonds is 9. The molecule has 0 aliphatic heterocycles. The van der Waals surface area contributed by atoms with Crippen molar-refractivity contribution < 1.29 is 13.2 Å². The number of benzene rings is 2. The average molecular weight is 447 g/mol. The van der Waals surface area contributed by atoms with Crippen LogP contribution < -0.4 is 5.32 Å². The fourth-order valence-electron chi connectivity index (χ4n) is 2.20. The van der Waals surface area contributed by atoms with Gasteiger partial charge in [-0.1, -0.05) is 47.5 Å². The highest BCUT2D eigenvalue weighted by molar-refractivity contribution is 7.98. The molecular formula is C18H20Cl2N2O3S2. The lowest BCUT2D eigenvalue weighted by Gasteiger charge is -2.16. The first-order valence-electron chi connectivity index (χ1n) is 8.10. The summed E-state index contributed by atoms with van der Waals surface area (Å²) in [6.07, 6.45) is 0. The third-order valence-corrected chi connectivity index (χ3v) is 7.07. The van der Waals surface area contributed by atoms with E-state index in [1.165, 1.54) is 19.2 Å². The van der Waals surface area contributed by atoms with E-state index in [0.717, 1.165) is 9.87 Å². The summed E-state index contributed by atoms with van der Waals surface area (Å²) in [6, 6.07) is 13.4. The molecule has 5 nitrogen and oxygen atoms in total. The van der Waals surface area contributed by atoms with Crippen LogP contribution in [0.5, 0.6) is 0 Å². The van der Waals surface area contributed by atoms with Crippen LogP contribution in [0.15, 0.2) is 53.4 Å². The van der Waals surface area contributed by atoms with E-state index >= 15 is 0 Å². The fourth-order valence-corrected chi connectivity index (χ4v) is 4.76. The lowest BCUT2D eigenvalue weighted by atomic mass is 10.2. The van der Waals surface area contributed by atoms with Crippen LogP contribution in [0.2, 0.25) is 10.0 Å². The summed E-state index contributed by atoms with van der Waals surface area (Å²) in [6.45, 7) is 0.207. The normalized spacial score (nSPS) is 11.6. The standard InChI is InChI=1S/C18H20Cl2N2O3S2/c1-22(27(24,25)16-5-3-2-4-6-16)12-18(23)21-9-10-26-13-14-7-8-15(19)11-17(14)20/h2-8,11H,9-10,12-13H2,1H3,(H,21,23). The van der Waals surface area contributed by atoms with Gasteiger partial charge in [-0.3, -0.25) is 4.79 Å². The van der Waals surface area contributed by atoms with Crippen LogP contribution in [0.3, 0.4) is 0 Å². The molecule has 9 heteroatoms. The van der Waals surface area contributed by atoms with Crippen molar-refractivity contribution in [1.82, 2.24) is 9.62 Å². The van der Waals surface area contributed by atoms with Crippen LogP contribution in [0, 0.1) is 0 Å². The number of nitrogens with one attached hydrogen (secondary N) is 1. The largest absolute Gasteiger partial charge is 0.354 e. The molecule has 0 aliphatic rings. The number of nitrogens with zero attached hydrogens (tertiary/aromatic N) is 1. The molecule has 0 saturated carbocycles. The van der Waals surface area contributed by atoms with Crippen molar-refractivity contribution in [2.24, 2.45) is 0 Å². The molecule has 1 N–H and O–H groups in total. The topological polar surface area (TPSA) is 66.5 Å². The third kappa shape index (κ3) is 6.69. The van der Waals surface area contributed by atoms with Gasteiger partial charge < -0.3 is 5.32 Å². The fraction of sp³-hybridized carbons (Fsp3) is 0.278. The zero-order chi connectivity index (χ0) is 19.9. The summed E-state index contributed by atoms with van der Waals surface area (Å²) in [5.74, 6) is 1.04. The highest BCUT2D eigenvalue weighted by Crippen LogP contribution is 2.24. The van der Waals surface area contributed by atoms with Crippen molar-refractivity contribution in [2.45, 2.75) is 10.6 Å². The number of hydrogen-bond donors (Lipinski definition) is 1. The number of thioether (sulfide) groups is 1. The van der Waals surface area contributed by atoms with Gasteiger partial charge in [-0.25, -0.2) is 8.42 Å². The van der Waals surface area contributed by atoms with Gasteiger partial charge in [0.05, 0.1) is 11.4 Å². The summed E-state index contributed by atoms with van der Waals surface area (Å²) in [7, 11) is -2.28. The summed E-state index contributed by atoms with van der Waals surface area (Å²) in [5, 5.41) is 3.94. The lowest BCUT2D eigenvalue weighted by Crippen LogP contribution is -2.39. The van der Waals surface area contributed by atoms with Gasteiger partial charge in [0.15, 0.2) is 0 Å². The molecule has 2 rings (SSSR count). The van der Waals surface area contributed by atoms with Gasteiger partial charge in [0.2, 0.25) is 15.9 Å². The second-order valence-corrected chi connectivity index (χ2v) is 9.71. The summed E-state index contributed by atoms with van der Waals surface area (Å²) >= 11 is 13.6. The predicted octanol–water partition coefficient (Wildman–Crippen LogP) is 3.66. The van der Waals surface area contributed by atoms with Gasteiger partial charge >= 0.3 is 0 Å². The predicted molar refractivity (Wildman–Crippen MR) is 112 cm³/mol. The second-order valence-electron chi connectivity index (χ2n) is 5.71. The van der Waals surface area contributed by atoms with E-state index in [2.05, 4.69) is 5.32 Å². The number of carbonyl (C=O) groups is 1. The molecule has 0 saturated heterocycles. The molecule has 1 amide bonds. The number of sulfonamides is 1. The Bertz CT molecular complexity index is 877. The lowest BCUT2D eigenvalue weighted by molar-refractivity contribution is -0.121. The molecule has 0 fully saturated rings. The quantitative estimate of drug-likeness (QED) is 0.596. The van der Waals surface area contributed by atoms with E-state index < -0.39 is 10.0 Å². The highest BCUT2D eigenvalue weighted by Gasteiger charge is 2.22. The van der Waals surface area contributed by atoms with E-state index in [4.69, 9.17) is 23.2 Å². The molecule has 0 bridgehead atoms. The Labute approximate surface area is 174 Å². The maximum absolute atomic E-state index is 12.4. The van der Waals surface area contributed by atoms with Gasteiger partial charge in [0.1, 0.15) is 0 Å². The molecule has 146 valence electrons. The van der Waals surface area contributed by atoms with Crippen molar-refractivity contribution in [3.8, 4) is 0 Å². The van der Waals surface area contributed by atoms with E-state index in [1.807, 2.05) is 6.07 Å². The minimum atomic E-state index is -3.67. The second kappa shape index (κ2) is 10.3. The number of amides is 1. The van der Waals surface area contributed by atoms with Crippen LogP contribution in [0.1, 0.15) is 5.56 Å². The minimum Gasteiger partial charge on any atom is -0.354 e. The maximum Gasteiger partial charge on any atom is 0.243 e.